The molecule has 0 aliphatic heterocycles. The third kappa shape index (κ3) is 2.54. The number of hydrogen-bond donors (Lipinski definition) is 0. The van der Waals surface area contributed by atoms with Crippen LogP contribution in [0, 0.1) is 11.3 Å². The summed E-state index contributed by atoms with van der Waals surface area (Å²) in [5, 5.41) is 11.5. The normalized spacial score (nSPS) is 12.4. The van der Waals surface area contributed by atoms with Crippen molar-refractivity contribution in [2.24, 2.45) is 0 Å². The molecule has 0 unspecified atom stereocenters. The maximum Gasteiger partial charge on any atom is 0.101 e. The van der Waals surface area contributed by atoms with Gasteiger partial charge in [-0.25, -0.2) is 0 Å². The first-order chi connectivity index (χ1) is 9.14. The van der Waals surface area contributed by atoms with Gasteiger partial charge >= 0.3 is 0 Å². The molecule has 104 valence electrons. The third-order valence-corrected chi connectivity index (χ3v) is 3.65. The van der Waals surface area contributed by atoms with Crippen molar-refractivity contribution in [1.82, 2.24) is 4.98 Å². The largest absolute Gasteiger partial charge is 0.263 e. The predicted octanol–water partition coefficient (Wildman–Crippen LogP) is 4.70. The summed E-state index contributed by atoms with van der Waals surface area (Å²) in [6, 6.07) is 6.70. The van der Waals surface area contributed by atoms with Crippen LogP contribution in [0.15, 0.2) is 24.5 Å². The molecule has 0 amide bonds. The first-order valence-corrected chi connectivity index (χ1v) is 6.97. The minimum absolute atomic E-state index is 0.00748. The number of hydrogen-bond acceptors (Lipinski definition) is 2. The second-order valence-electron chi connectivity index (χ2n) is 7.42. The molecule has 2 nitrogen and oxygen atoms in total. The minimum Gasteiger partial charge on any atom is -0.263 e. The van der Waals surface area contributed by atoms with Crippen molar-refractivity contribution < 1.29 is 0 Å². The van der Waals surface area contributed by atoms with Crippen LogP contribution < -0.4 is 0 Å². The molecule has 0 aliphatic rings. The van der Waals surface area contributed by atoms with Gasteiger partial charge in [-0.1, -0.05) is 47.6 Å². The summed E-state index contributed by atoms with van der Waals surface area (Å²) < 4.78 is 0. The predicted molar refractivity (Wildman–Crippen MR) is 83.9 cm³/mol. The lowest BCUT2D eigenvalue weighted by atomic mass is 9.77. The first kappa shape index (κ1) is 14.5. The summed E-state index contributed by atoms with van der Waals surface area (Å²) in [4.78, 5) is 4.21. The molecule has 2 aromatic rings. The zero-order chi connectivity index (χ0) is 15.1. The van der Waals surface area contributed by atoms with Crippen molar-refractivity contribution >= 4 is 10.8 Å². The highest BCUT2D eigenvalue weighted by molar-refractivity contribution is 5.91. The summed E-state index contributed by atoms with van der Waals surface area (Å²) in [6.07, 6.45) is 3.52. The van der Waals surface area contributed by atoms with E-state index >= 15 is 0 Å². The highest BCUT2D eigenvalue weighted by Gasteiger charge is 2.23. The van der Waals surface area contributed by atoms with E-state index in [0.717, 1.165) is 10.8 Å². The van der Waals surface area contributed by atoms with Crippen molar-refractivity contribution in [3.63, 3.8) is 0 Å². The monoisotopic (exact) mass is 266 g/mol. The molecule has 1 aromatic carbocycles. The van der Waals surface area contributed by atoms with Crippen LogP contribution >= 0.6 is 0 Å². The summed E-state index contributed by atoms with van der Waals surface area (Å²) >= 11 is 0. The Morgan fingerprint density at radius 2 is 1.60 bits per heavy atom. The van der Waals surface area contributed by atoms with Gasteiger partial charge in [-0.05, 0) is 28.0 Å². The Bertz CT molecular complexity index is 692. The van der Waals surface area contributed by atoms with Gasteiger partial charge in [-0.15, -0.1) is 0 Å². The maximum absolute atomic E-state index is 9.36. The van der Waals surface area contributed by atoms with Crippen LogP contribution in [0.5, 0.6) is 0 Å². The number of nitriles is 1. The van der Waals surface area contributed by atoms with E-state index in [1.807, 2.05) is 6.20 Å². The van der Waals surface area contributed by atoms with Crippen LogP contribution in [0.3, 0.4) is 0 Å². The fraction of sp³-hybridized carbons (Fsp3) is 0.444. The fourth-order valence-electron chi connectivity index (χ4n) is 2.43. The molecule has 0 aliphatic carbocycles. The Morgan fingerprint density at radius 1 is 0.950 bits per heavy atom. The number of rotatable bonds is 0. The van der Waals surface area contributed by atoms with Crippen molar-refractivity contribution in [3.05, 3.63) is 41.2 Å². The molecule has 20 heavy (non-hydrogen) atoms. The van der Waals surface area contributed by atoms with Crippen molar-refractivity contribution in [2.45, 2.75) is 52.4 Å². The second-order valence-corrected chi connectivity index (χ2v) is 7.42. The van der Waals surface area contributed by atoms with Crippen molar-refractivity contribution in [1.29, 1.82) is 5.26 Å². The number of aromatic nitrogens is 1. The van der Waals surface area contributed by atoms with Gasteiger partial charge in [0.15, 0.2) is 0 Å². The zero-order valence-electron chi connectivity index (χ0n) is 13.2. The molecule has 0 spiro atoms. The zero-order valence-corrected chi connectivity index (χ0v) is 13.2. The molecule has 0 radical (unpaired) electrons. The molecule has 0 atom stereocenters. The van der Waals surface area contributed by atoms with Crippen LogP contribution in [0.2, 0.25) is 0 Å². The molecule has 0 N–H and O–H groups in total. The molecular weight excluding hydrogens is 244 g/mol. The number of fused-ring (bicyclic) bond motifs is 1. The Labute approximate surface area is 121 Å². The number of benzene rings is 1. The molecule has 0 saturated heterocycles. The third-order valence-electron chi connectivity index (χ3n) is 3.65. The first-order valence-electron chi connectivity index (χ1n) is 6.97. The molecule has 1 heterocycles. The molecule has 2 heteroatoms. The average Bonchev–Trinajstić information content (AvgIpc) is 2.34. The van der Waals surface area contributed by atoms with E-state index in [1.54, 1.807) is 6.20 Å². The summed E-state index contributed by atoms with van der Waals surface area (Å²) in [6.45, 7) is 13.2. The van der Waals surface area contributed by atoms with Crippen LogP contribution in [0.1, 0.15) is 58.2 Å². The molecule has 0 fully saturated rings. The van der Waals surface area contributed by atoms with Crippen LogP contribution in [0.4, 0.5) is 0 Å². The molecule has 1 aromatic heterocycles. The number of pyridine rings is 1. The van der Waals surface area contributed by atoms with Crippen molar-refractivity contribution in [2.75, 3.05) is 0 Å². The summed E-state index contributed by atoms with van der Waals surface area (Å²) in [5.74, 6) is 0. The van der Waals surface area contributed by atoms with E-state index in [2.05, 4.69) is 64.7 Å². The standard InChI is InChI=1S/C18H22N2/c1-17(2,3)14-7-12-10-20-11-13(9-19)16(12)15(8-14)18(4,5)6/h7-8,10-11H,1-6H3. The minimum atomic E-state index is -0.00748. The lowest BCUT2D eigenvalue weighted by molar-refractivity contribution is 0.573. The van der Waals surface area contributed by atoms with Gasteiger partial charge in [0.1, 0.15) is 6.07 Å². The van der Waals surface area contributed by atoms with E-state index in [9.17, 15) is 5.26 Å². The highest BCUT2D eigenvalue weighted by Crippen LogP contribution is 2.36. The molecule has 2 rings (SSSR count). The smallest absolute Gasteiger partial charge is 0.101 e. The van der Waals surface area contributed by atoms with Crippen LogP contribution in [-0.2, 0) is 10.8 Å². The van der Waals surface area contributed by atoms with Gasteiger partial charge in [-0.3, -0.25) is 4.98 Å². The molecule has 0 saturated carbocycles. The lowest BCUT2D eigenvalue weighted by Gasteiger charge is -2.27. The van der Waals surface area contributed by atoms with E-state index in [-0.39, 0.29) is 10.8 Å². The Hall–Kier alpha value is -1.88. The quantitative estimate of drug-likeness (QED) is 0.693. The van der Waals surface area contributed by atoms with Gasteiger partial charge < -0.3 is 0 Å². The summed E-state index contributed by atoms with van der Waals surface area (Å²) in [7, 11) is 0. The number of nitrogens with zero attached hydrogens (tertiary/aromatic N) is 2. The van der Waals surface area contributed by atoms with E-state index in [4.69, 9.17) is 0 Å². The highest BCUT2D eigenvalue weighted by atomic mass is 14.6. The van der Waals surface area contributed by atoms with Crippen molar-refractivity contribution in [3.8, 4) is 6.07 Å². The SMILES string of the molecule is CC(C)(C)c1cc(C(C)(C)C)c2c(C#N)cncc2c1. The Kier molecular flexibility index (Phi) is 3.34. The van der Waals surface area contributed by atoms with E-state index in [0.29, 0.717) is 5.56 Å². The lowest BCUT2D eigenvalue weighted by Crippen LogP contribution is -2.17. The van der Waals surface area contributed by atoms with Gasteiger partial charge in [0.05, 0.1) is 5.56 Å². The van der Waals surface area contributed by atoms with E-state index < -0.39 is 0 Å². The Balaban J connectivity index is 2.95. The van der Waals surface area contributed by atoms with Crippen LogP contribution in [0.25, 0.3) is 10.8 Å². The molecular formula is C18H22N2. The van der Waals surface area contributed by atoms with Gasteiger partial charge in [0.25, 0.3) is 0 Å². The fourth-order valence-corrected chi connectivity index (χ4v) is 2.43. The topological polar surface area (TPSA) is 36.7 Å². The second kappa shape index (κ2) is 4.59. The van der Waals surface area contributed by atoms with Gasteiger partial charge in [-0.2, -0.15) is 5.26 Å². The molecule has 0 bridgehead atoms. The Morgan fingerprint density at radius 3 is 2.10 bits per heavy atom. The van der Waals surface area contributed by atoms with E-state index in [1.165, 1.54) is 11.1 Å². The van der Waals surface area contributed by atoms with Crippen LogP contribution in [-0.4, -0.2) is 4.98 Å². The van der Waals surface area contributed by atoms with Gasteiger partial charge in [0.2, 0.25) is 0 Å². The summed E-state index contributed by atoms with van der Waals surface area (Å²) in [5.41, 5.74) is 3.24. The average molecular weight is 266 g/mol. The van der Waals surface area contributed by atoms with Gasteiger partial charge in [0, 0.05) is 23.2 Å². The maximum atomic E-state index is 9.36.